The van der Waals surface area contributed by atoms with Crippen LogP contribution in [-0.4, -0.2) is 119 Å². The first-order valence-electron chi connectivity index (χ1n) is 14.6. The molecule has 0 saturated carbocycles. The summed E-state index contributed by atoms with van der Waals surface area (Å²) in [6.45, 7) is 13.2. The first-order valence-corrected chi connectivity index (χ1v) is 14.6. The molecule has 0 unspecified atom stereocenters. The van der Waals surface area contributed by atoms with Gasteiger partial charge in [0.2, 0.25) is 5.91 Å². The summed E-state index contributed by atoms with van der Waals surface area (Å²) < 4.78 is 11.0. The quantitative estimate of drug-likeness (QED) is 0.506. The second kappa shape index (κ2) is 12.7. The van der Waals surface area contributed by atoms with Crippen LogP contribution in [0.3, 0.4) is 0 Å². The standard InChI is InChI=1S/C29H44N6O7/c1-18(2)24(31-27(39)42-29(3,4)5)25(36)35-17-21(14-22(35)26(37)38)41-28(40)34-8-7-19-13-23(30-15-20(19)16-34)33-11-9-32(6)10-12-33/h13,15,18,21-22,24H,7-12,14,16-17H2,1-6H3,(H,31,39)(H,37,38)/t21-,22+,24+/m1/s1. The van der Waals surface area contributed by atoms with E-state index < -0.39 is 47.9 Å². The van der Waals surface area contributed by atoms with Gasteiger partial charge < -0.3 is 39.5 Å². The van der Waals surface area contributed by atoms with Crippen LogP contribution in [0.2, 0.25) is 0 Å². The Hall–Kier alpha value is -3.61. The Morgan fingerprint density at radius 2 is 1.76 bits per heavy atom. The summed E-state index contributed by atoms with van der Waals surface area (Å²) in [6.07, 6.45) is 0.329. The summed E-state index contributed by atoms with van der Waals surface area (Å²) in [5, 5.41) is 12.4. The first-order chi connectivity index (χ1) is 19.7. The van der Waals surface area contributed by atoms with E-state index in [-0.39, 0.29) is 18.9 Å². The van der Waals surface area contributed by atoms with E-state index in [9.17, 15) is 24.3 Å². The van der Waals surface area contributed by atoms with Crippen molar-refractivity contribution in [3.05, 3.63) is 23.4 Å². The number of carboxylic acids is 1. The third kappa shape index (κ3) is 7.61. The molecule has 13 heteroatoms. The number of pyridine rings is 1. The van der Waals surface area contributed by atoms with Gasteiger partial charge in [-0.1, -0.05) is 13.8 Å². The smallest absolute Gasteiger partial charge is 0.410 e. The Bertz CT molecular complexity index is 1180. The molecule has 2 N–H and O–H groups in total. The van der Waals surface area contributed by atoms with Gasteiger partial charge in [0.05, 0.1) is 13.1 Å². The molecule has 2 saturated heterocycles. The summed E-state index contributed by atoms with van der Waals surface area (Å²) >= 11 is 0. The number of alkyl carbamates (subject to hydrolysis) is 1. The van der Waals surface area contributed by atoms with Crippen LogP contribution >= 0.6 is 0 Å². The second-order valence-corrected chi connectivity index (χ2v) is 12.7. The lowest BCUT2D eigenvalue weighted by atomic mass is 10.0. The van der Waals surface area contributed by atoms with Crippen molar-refractivity contribution < 1.29 is 33.8 Å². The third-order valence-corrected chi connectivity index (χ3v) is 7.87. The van der Waals surface area contributed by atoms with Gasteiger partial charge in [0.25, 0.3) is 0 Å². The number of carbonyl (C=O) groups excluding carboxylic acids is 3. The van der Waals surface area contributed by atoms with Gasteiger partial charge in [-0.25, -0.2) is 19.4 Å². The van der Waals surface area contributed by atoms with Gasteiger partial charge in [-0.15, -0.1) is 0 Å². The zero-order chi connectivity index (χ0) is 30.8. The lowest BCUT2D eigenvalue weighted by molar-refractivity contribution is -0.149. The van der Waals surface area contributed by atoms with Crippen LogP contribution in [0, 0.1) is 5.92 Å². The summed E-state index contributed by atoms with van der Waals surface area (Å²) in [5.74, 6) is -1.14. The number of anilines is 1. The SMILES string of the molecule is CC(C)[C@H](NC(=O)OC(C)(C)C)C(=O)N1C[C@H](OC(=O)N2CCc3cc(N4CCN(C)CC4)ncc3C2)C[C@H]1C(=O)O. The molecule has 3 aliphatic rings. The number of carbonyl (C=O) groups is 4. The van der Waals surface area contributed by atoms with Gasteiger partial charge in [-0.2, -0.15) is 0 Å². The Labute approximate surface area is 247 Å². The van der Waals surface area contributed by atoms with Crippen molar-refractivity contribution in [1.82, 2.24) is 25.0 Å². The van der Waals surface area contributed by atoms with Gasteiger partial charge in [-0.3, -0.25) is 4.79 Å². The highest BCUT2D eigenvalue weighted by Crippen LogP contribution is 2.27. The Balaban J connectivity index is 1.37. The number of carboxylic acid groups (broad SMARTS) is 1. The topological polar surface area (TPSA) is 145 Å². The number of aliphatic carboxylic acids is 1. The number of aromatic nitrogens is 1. The van der Waals surface area contributed by atoms with Crippen LogP contribution in [0.1, 0.15) is 52.2 Å². The van der Waals surface area contributed by atoms with Crippen LogP contribution in [-0.2, 0) is 32.0 Å². The monoisotopic (exact) mass is 588 g/mol. The van der Waals surface area contributed by atoms with E-state index in [1.54, 1.807) is 39.5 Å². The fourth-order valence-corrected chi connectivity index (χ4v) is 5.50. The second-order valence-electron chi connectivity index (χ2n) is 12.7. The van der Waals surface area contributed by atoms with Crippen molar-refractivity contribution in [1.29, 1.82) is 0 Å². The lowest BCUT2D eigenvalue weighted by Gasteiger charge is -2.34. The fraction of sp³-hybridized carbons (Fsp3) is 0.690. The molecule has 13 nitrogen and oxygen atoms in total. The number of hydrogen-bond donors (Lipinski definition) is 2. The van der Waals surface area contributed by atoms with Crippen molar-refractivity contribution in [2.45, 2.75) is 77.8 Å². The third-order valence-electron chi connectivity index (χ3n) is 7.87. The van der Waals surface area contributed by atoms with Crippen LogP contribution < -0.4 is 10.2 Å². The van der Waals surface area contributed by atoms with Crippen LogP contribution in [0.15, 0.2) is 12.3 Å². The van der Waals surface area contributed by atoms with E-state index in [1.165, 1.54) is 4.90 Å². The summed E-state index contributed by atoms with van der Waals surface area (Å²) in [7, 11) is 2.11. The molecule has 4 rings (SSSR count). The van der Waals surface area contributed by atoms with Crippen LogP contribution in [0.5, 0.6) is 0 Å². The number of ether oxygens (including phenoxy) is 2. The molecule has 3 atom stereocenters. The van der Waals surface area contributed by atoms with Gasteiger partial charge in [0, 0.05) is 45.3 Å². The molecule has 2 fully saturated rings. The molecule has 0 aromatic carbocycles. The minimum Gasteiger partial charge on any atom is -0.480 e. The molecule has 42 heavy (non-hydrogen) atoms. The highest BCUT2D eigenvalue weighted by Gasteiger charge is 2.45. The van der Waals surface area contributed by atoms with E-state index in [1.807, 2.05) is 6.20 Å². The number of piperazine rings is 1. The number of rotatable bonds is 6. The predicted octanol–water partition coefficient (Wildman–Crippen LogP) is 1.93. The highest BCUT2D eigenvalue weighted by molar-refractivity contribution is 5.90. The van der Waals surface area contributed by atoms with Crippen molar-refractivity contribution in [3.63, 3.8) is 0 Å². The van der Waals surface area contributed by atoms with Gasteiger partial charge >= 0.3 is 18.2 Å². The normalized spacial score (nSPS) is 22.0. The Morgan fingerprint density at radius 1 is 1.07 bits per heavy atom. The number of likely N-dealkylation sites (tertiary alicyclic amines) is 1. The van der Waals surface area contributed by atoms with Crippen molar-refractivity contribution in [2.75, 3.05) is 51.2 Å². The van der Waals surface area contributed by atoms with Gasteiger partial charge in [0.15, 0.2) is 0 Å². The molecule has 1 aromatic heterocycles. The van der Waals surface area contributed by atoms with E-state index >= 15 is 0 Å². The molecule has 1 aromatic rings. The molecule has 232 valence electrons. The summed E-state index contributed by atoms with van der Waals surface area (Å²) in [5.41, 5.74) is 1.35. The molecule has 4 heterocycles. The van der Waals surface area contributed by atoms with E-state index in [2.05, 4.69) is 33.2 Å². The molecule has 3 amide bonds. The van der Waals surface area contributed by atoms with Crippen LogP contribution in [0.25, 0.3) is 0 Å². The minimum atomic E-state index is -1.20. The van der Waals surface area contributed by atoms with Crippen molar-refractivity contribution in [2.24, 2.45) is 5.92 Å². The van der Waals surface area contributed by atoms with E-state index in [4.69, 9.17) is 9.47 Å². The maximum Gasteiger partial charge on any atom is 0.410 e. The number of likely N-dealkylation sites (N-methyl/N-ethyl adjacent to an activating group) is 1. The summed E-state index contributed by atoms with van der Waals surface area (Å²) in [6, 6.07) is -0.0771. The summed E-state index contributed by atoms with van der Waals surface area (Å²) in [4.78, 5) is 63.0. The average molecular weight is 589 g/mol. The minimum absolute atomic E-state index is 0.0373. The predicted molar refractivity (Wildman–Crippen MR) is 154 cm³/mol. The fourth-order valence-electron chi connectivity index (χ4n) is 5.50. The van der Waals surface area contributed by atoms with Crippen LogP contribution in [0.4, 0.5) is 15.4 Å². The van der Waals surface area contributed by atoms with Gasteiger partial charge in [0.1, 0.15) is 29.6 Å². The zero-order valence-electron chi connectivity index (χ0n) is 25.5. The number of amides is 3. The maximum absolute atomic E-state index is 13.5. The largest absolute Gasteiger partial charge is 0.480 e. The molecular weight excluding hydrogens is 544 g/mol. The number of fused-ring (bicyclic) bond motifs is 1. The Kier molecular flexibility index (Phi) is 9.49. The zero-order valence-corrected chi connectivity index (χ0v) is 25.5. The highest BCUT2D eigenvalue weighted by atomic mass is 16.6. The lowest BCUT2D eigenvalue weighted by Crippen LogP contribution is -2.54. The molecular formula is C29H44N6O7. The Morgan fingerprint density at radius 3 is 2.38 bits per heavy atom. The number of nitrogens with zero attached hydrogens (tertiary/aromatic N) is 5. The van der Waals surface area contributed by atoms with Crippen molar-refractivity contribution >= 4 is 29.9 Å². The number of nitrogens with one attached hydrogen (secondary N) is 1. The van der Waals surface area contributed by atoms with E-state index in [0.29, 0.717) is 19.5 Å². The maximum atomic E-state index is 13.5. The molecule has 0 spiro atoms. The molecule has 3 aliphatic heterocycles. The van der Waals surface area contributed by atoms with Crippen molar-refractivity contribution in [3.8, 4) is 0 Å². The molecule has 0 aliphatic carbocycles. The molecule has 0 bridgehead atoms. The average Bonchev–Trinajstić information content (AvgIpc) is 3.34. The van der Waals surface area contributed by atoms with Gasteiger partial charge in [-0.05, 0) is 57.4 Å². The number of hydrogen-bond acceptors (Lipinski definition) is 9. The first kappa shape index (κ1) is 31.3. The van der Waals surface area contributed by atoms with E-state index in [0.717, 1.165) is 43.1 Å². The molecule has 0 radical (unpaired) electrons.